The molecule has 0 amide bonds. The van der Waals surface area contributed by atoms with Gasteiger partial charge in [-0.15, -0.1) is 0 Å². The molecule has 70 heavy (non-hydrogen) atoms. The fourth-order valence-electron chi connectivity index (χ4n) is 12.3. The number of allylic oxidation sites excluding steroid dienone is 16. The van der Waals surface area contributed by atoms with E-state index >= 15 is 0 Å². The fourth-order valence-corrected chi connectivity index (χ4v) is 68.5. The first-order valence-corrected chi connectivity index (χ1v) is 49.0. The number of benzene rings is 4. The average Bonchev–Trinajstić information content (AvgIpc) is 4.01. The second kappa shape index (κ2) is 25.7. The Morgan fingerprint density at radius 1 is 0.343 bits per heavy atom. The van der Waals surface area contributed by atoms with Gasteiger partial charge in [0, 0.05) is 0 Å². The molecule has 8 rings (SSSR count). The number of hydrogen-bond acceptors (Lipinski definition) is 0. The van der Waals surface area contributed by atoms with Crippen molar-refractivity contribution in [1.29, 1.82) is 0 Å². The van der Waals surface area contributed by atoms with Gasteiger partial charge in [-0.2, -0.15) is 0 Å². The van der Waals surface area contributed by atoms with Gasteiger partial charge in [0.25, 0.3) is 0 Å². The van der Waals surface area contributed by atoms with Gasteiger partial charge in [-0.05, 0) is 0 Å². The van der Waals surface area contributed by atoms with Crippen molar-refractivity contribution in [2.75, 3.05) is 0 Å². The van der Waals surface area contributed by atoms with Crippen LogP contribution in [-0.2, 0) is 65.8 Å². The molecule has 0 radical (unpaired) electrons. The summed E-state index contributed by atoms with van der Waals surface area (Å²) < 4.78 is 7.57. The SMILES string of the molecule is CCc1ccccc1C1=CC(C)[C]([Hf]([C]2=C(C)C(c3ccccc3CC)=CC2C)=[Si](C)C)=C1C.CCc1ccccc1C1=CC(C)[C]([Hf]([C]2=C(C)C(c3ccccc3CC)=CC2C)=[Si](C)C)=C1C.[Cl-].[Cl-]. The monoisotopic (exact) mass is 1330 g/mol. The van der Waals surface area contributed by atoms with Crippen LogP contribution >= 0.6 is 0 Å². The third-order valence-corrected chi connectivity index (χ3v) is 67.6. The summed E-state index contributed by atoms with van der Waals surface area (Å²) in [7, 11) is 0. The van der Waals surface area contributed by atoms with Gasteiger partial charge < -0.3 is 24.8 Å². The molecule has 0 nitrogen and oxygen atoms in total. The summed E-state index contributed by atoms with van der Waals surface area (Å²) in [6.45, 7) is 39.3. The zero-order valence-corrected chi connectivity index (χ0v) is 56.1. The topological polar surface area (TPSA) is 0 Å². The number of hydrogen-bond donors (Lipinski definition) is 0. The third kappa shape index (κ3) is 11.6. The van der Waals surface area contributed by atoms with Crippen LogP contribution in [0.2, 0.25) is 26.2 Å². The van der Waals surface area contributed by atoms with Crippen molar-refractivity contribution in [3.05, 3.63) is 201 Å². The van der Waals surface area contributed by atoms with E-state index in [0.29, 0.717) is 23.7 Å². The zero-order chi connectivity index (χ0) is 49.1. The number of rotatable bonds is 12. The number of aryl methyl sites for hydroxylation is 4. The summed E-state index contributed by atoms with van der Waals surface area (Å²) >= 11 is -4.47. The molecule has 6 heteroatoms. The van der Waals surface area contributed by atoms with E-state index in [4.69, 9.17) is 0 Å². The summed E-state index contributed by atoms with van der Waals surface area (Å²) in [6, 6.07) is 36.3. The first-order valence-electron chi connectivity index (χ1n) is 26.0. The van der Waals surface area contributed by atoms with Crippen LogP contribution < -0.4 is 24.8 Å². The molecule has 0 bridgehead atoms. The average molecular weight is 1330 g/mol. The van der Waals surface area contributed by atoms with Crippen LogP contribution in [-0.4, -0.2) is 11.0 Å². The van der Waals surface area contributed by atoms with E-state index in [9.17, 15) is 0 Å². The fraction of sp³-hybridized carbons (Fsp3) is 0.375. The third-order valence-electron chi connectivity index (χ3n) is 15.6. The minimum Gasteiger partial charge on any atom is -1.00 e. The molecular weight excluding hydrogens is 1250 g/mol. The number of halogens is 2. The largest absolute Gasteiger partial charge is 1.00 e. The Hall–Kier alpha value is -2.45. The quantitative estimate of drug-likeness (QED) is 0.124. The Kier molecular flexibility index (Phi) is 21.4. The van der Waals surface area contributed by atoms with Gasteiger partial charge in [0.1, 0.15) is 0 Å². The Morgan fingerprint density at radius 3 is 0.700 bits per heavy atom. The first kappa shape index (κ1) is 58.4. The van der Waals surface area contributed by atoms with Crippen molar-refractivity contribution in [3.8, 4) is 0 Å². The minimum absolute atomic E-state index is 0. The van der Waals surface area contributed by atoms with Gasteiger partial charge in [0.05, 0.1) is 0 Å². The van der Waals surface area contributed by atoms with Crippen LogP contribution in [0.3, 0.4) is 0 Å². The van der Waals surface area contributed by atoms with Crippen molar-refractivity contribution >= 4 is 33.3 Å². The molecule has 4 atom stereocenters. The maximum absolute atomic E-state index is 2.61. The summed E-state index contributed by atoms with van der Waals surface area (Å²) in [5.74, 6) is 2.34. The molecule has 4 aromatic rings. The summed E-state index contributed by atoms with van der Waals surface area (Å²) in [4.78, 5) is 0. The predicted octanol–water partition coefficient (Wildman–Crippen LogP) is 12.0. The second-order valence-corrected chi connectivity index (χ2v) is 67.3. The van der Waals surface area contributed by atoms with Gasteiger partial charge in [-0.3, -0.25) is 0 Å². The molecular formula is C64H80Cl2Hf2Si2-2. The standard InChI is InChI=1S/4C15H17.2C2H6Si.2ClH.2Hf/c4*1-4-13-7-5-6-8-14(13)15-10-11(2)9-12(15)3;2*1-3-2;;;;/h4*5-8,10-11H,4H2,1-3H3;2*1-2H3;2*1H;;/p-2. The normalized spacial score (nSPS) is 19.5. The predicted molar refractivity (Wildman–Crippen MR) is 298 cm³/mol. The van der Waals surface area contributed by atoms with Crippen molar-refractivity contribution in [1.82, 2.24) is 0 Å². The molecule has 0 aromatic heterocycles. The Balaban J connectivity index is 0.000000254. The van der Waals surface area contributed by atoms with Crippen molar-refractivity contribution < 1.29 is 64.9 Å². The molecule has 4 unspecified atom stereocenters. The minimum atomic E-state index is -2.24. The molecule has 0 heterocycles. The first-order chi connectivity index (χ1) is 32.6. The molecule has 0 saturated carbocycles. The van der Waals surface area contributed by atoms with Crippen molar-refractivity contribution in [2.24, 2.45) is 23.7 Å². The second-order valence-electron chi connectivity index (χ2n) is 20.4. The molecule has 4 aromatic carbocycles. The van der Waals surface area contributed by atoms with E-state index < -0.39 is 40.1 Å². The smallest absolute Gasteiger partial charge is 1.00 e. The van der Waals surface area contributed by atoms with E-state index in [1.807, 2.05) is 13.3 Å². The summed E-state index contributed by atoms with van der Waals surface area (Å²) in [5.41, 5.74) is 23.6. The molecule has 4 aliphatic rings. The molecule has 4 aliphatic carbocycles. The molecule has 368 valence electrons. The zero-order valence-electron chi connectivity index (χ0n) is 45.4. The van der Waals surface area contributed by atoms with Crippen molar-refractivity contribution in [2.45, 2.75) is 135 Å². The van der Waals surface area contributed by atoms with Crippen LogP contribution in [0.25, 0.3) is 22.3 Å². The van der Waals surface area contributed by atoms with E-state index in [-0.39, 0.29) is 35.8 Å². The van der Waals surface area contributed by atoms with Gasteiger partial charge in [0.15, 0.2) is 0 Å². The van der Waals surface area contributed by atoms with Crippen LogP contribution in [0.1, 0.15) is 128 Å². The Labute approximate surface area is 453 Å². The van der Waals surface area contributed by atoms with Gasteiger partial charge in [-0.25, -0.2) is 0 Å². The maximum Gasteiger partial charge on any atom is -1.00 e. The molecule has 0 spiro atoms. The van der Waals surface area contributed by atoms with Gasteiger partial charge >= 0.3 is 434 Å². The maximum atomic E-state index is 2.61. The van der Waals surface area contributed by atoms with Gasteiger partial charge in [0.2, 0.25) is 0 Å². The van der Waals surface area contributed by atoms with E-state index in [1.165, 1.54) is 66.8 Å². The van der Waals surface area contributed by atoms with Crippen LogP contribution in [0.15, 0.2) is 157 Å². The Bertz CT molecular complexity index is 2580. The van der Waals surface area contributed by atoms with Gasteiger partial charge in [-0.1, -0.05) is 0 Å². The van der Waals surface area contributed by atoms with Crippen LogP contribution in [0, 0.1) is 23.7 Å². The Morgan fingerprint density at radius 2 is 0.529 bits per heavy atom. The van der Waals surface area contributed by atoms with Crippen molar-refractivity contribution in [3.63, 3.8) is 0 Å². The molecule has 0 N–H and O–H groups in total. The molecule has 0 saturated heterocycles. The van der Waals surface area contributed by atoms with E-state index in [0.717, 1.165) is 25.7 Å². The van der Waals surface area contributed by atoms with E-state index in [2.05, 4.69) is 231 Å². The van der Waals surface area contributed by atoms with Crippen LogP contribution in [0.5, 0.6) is 0 Å². The summed E-state index contributed by atoms with van der Waals surface area (Å²) in [6.07, 6.45) is 14.8. The molecule has 0 aliphatic heterocycles. The van der Waals surface area contributed by atoms with Crippen LogP contribution in [0.4, 0.5) is 0 Å². The summed E-state index contributed by atoms with van der Waals surface area (Å²) in [5, 5.41) is 0. The molecule has 0 fully saturated rings. The van der Waals surface area contributed by atoms with E-state index in [1.54, 1.807) is 22.3 Å².